The second kappa shape index (κ2) is 7.29. The van der Waals surface area contributed by atoms with Gasteiger partial charge in [-0.15, -0.1) is 20.4 Å². The van der Waals surface area contributed by atoms with E-state index in [4.69, 9.17) is 11.6 Å². The maximum Gasteiger partial charge on any atom is 0.231 e. The minimum absolute atomic E-state index is 0.672. The summed E-state index contributed by atoms with van der Waals surface area (Å²) in [5.41, 5.74) is 1.08. The van der Waals surface area contributed by atoms with E-state index >= 15 is 0 Å². The van der Waals surface area contributed by atoms with Crippen molar-refractivity contribution < 1.29 is 0 Å². The molecule has 6 nitrogen and oxygen atoms in total. The molecule has 0 spiro atoms. The molecular weight excluding hydrogens is 352 g/mol. The van der Waals surface area contributed by atoms with Gasteiger partial charge in [-0.1, -0.05) is 52.9 Å². The molecule has 0 fully saturated rings. The zero-order valence-electron chi connectivity index (χ0n) is 12.7. The number of halogens is 1. The van der Waals surface area contributed by atoms with Crippen molar-refractivity contribution in [3.8, 4) is 0 Å². The van der Waals surface area contributed by atoms with Crippen molar-refractivity contribution in [2.75, 3.05) is 5.32 Å². The van der Waals surface area contributed by atoms with Crippen LogP contribution in [0.4, 0.5) is 11.1 Å². The standard InChI is InChI=1S/C14H15ClN6S2/c1-3-21-12(16-13-19-17-9(2)23-13)18-20-14(21)22-8-10-6-4-5-7-11(10)15/h4-7H,3,8H2,1-2H3,(H,16,18,19). The summed E-state index contributed by atoms with van der Waals surface area (Å²) < 4.78 is 2.01. The number of hydrogen-bond acceptors (Lipinski definition) is 7. The van der Waals surface area contributed by atoms with Crippen LogP contribution in [0.15, 0.2) is 29.4 Å². The van der Waals surface area contributed by atoms with E-state index in [0.717, 1.165) is 33.0 Å². The van der Waals surface area contributed by atoms with Crippen LogP contribution in [0.3, 0.4) is 0 Å². The number of aryl methyl sites for hydroxylation is 1. The maximum atomic E-state index is 6.20. The molecular formula is C14H15ClN6S2. The molecule has 0 amide bonds. The Morgan fingerprint density at radius 3 is 2.74 bits per heavy atom. The Bertz CT molecular complexity index is 800. The van der Waals surface area contributed by atoms with Crippen LogP contribution in [0, 0.1) is 6.92 Å². The first-order valence-corrected chi connectivity index (χ1v) is 9.22. The predicted molar refractivity (Wildman–Crippen MR) is 94.6 cm³/mol. The van der Waals surface area contributed by atoms with Crippen molar-refractivity contribution in [3.05, 3.63) is 39.9 Å². The summed E-state index contributed by atoms with van der Waals surface area (Å²) >= 11 is 9.29. The quantitative estimate of drug-likeness (QED) is 0.661. The van der Waals surface area contributed by atoms with Crippen LogP contribution in [0.2, 0.25) is 5.02 Å². The molecule has 2 aromatic heterocycles. The van der Waals surface area contributed by atoms with Crippen LogP contribution in [-0.2, 0) is 12.3 Å². The molecule has 0 unspecified atom stereocenters. The minimum atomic E-state index is 0.672. The number of thioether (sulfide) groups is 1. The molecule has 0 aliphatic rings. The lowest BCUT2D eigenvalue weighted by molar-refractivity contribution is 0.688. The maximum absolute atomic E-state index is 6.20. The van der Waals surface area contributed by atoms with Crippen LogP contribution < -0.4 is 5.32 Å². The van der Waals surface area contributed by atoms with Crippen LogP contribution in [0.5, 0.6) is 0 Å². The Morgan fingerprint density at radius 2 is 2.04 bits per heavy atom. The average molecular weight is 367 g/mol. The van der Waals surface area contributed by atoms with Gasteiger partial charge in [-0.25, -0.2) is 0 Å². The van der Waals surface area contributed by atoms with Crippen molar-refractivity contribution in [1.29, 1.82) is 0 Å². The van der Waals surface area contributed by atoms with Crippen molar-refractivity contribution >= 4 is 45.8 Å². The zero-order valence-corrected chi connectivity index (χ0v) is 15.0. The monoisotopic (exact) mass is 366 g/mol. The number of nitrogens with one attached hydrogen (secondary N) is 1. The highest BCUT2D eigenvalue weighted by Gasteiger charge is 2.13. The summed E-state index contributed by atoms with van der Waals surface area (Å²) in [6.07, 6.45) is 0. The fourth-order valence-electron chi connectivity index (χ4n) is 1.97. The highest BCUT2D eigenvalue weighted by Crippen LogP contribution is 2.28. The molecule has 0 bridgehead atoms. The Labute approximate surface area is 147 Å². The van der Waals surface area contributed by atoms with Gasteiger partial charge in [-0.05, 0) is 25.5 Å². The summed E-state index contributed by atoms with van der Waals surface area (Å²) in [6, 6.07) is 7.83. The average Bonchev–Trinajstić information content (AvgIpc) is 3.13. The molecule has 0 aliphatic carbocycles. The summed E-state index contributed by atoms with van der Waals surface area (Å²) in [5.74, 6) is 1.42. The second-order valence-corrected chi connectivity index (χ2v) is 7.21. The summed E-state index contributed by atoms with van der Waals surface area (Å²) in [6.45, 7) is 4.73. The molecule has 23 heavy (non-hydrogen) atoms. The largest absolute Gasteiger partial charge is 0.299 e. The third-order valence-electron chi connectivity index (χ3n) is 3.09. The lowest BCUT2D eigenvalue weighted by Crippen LogP contribution is -2.03. The molecule has 0 atom stereocenters. The number of aromatic nitrogens is 5. The van der Waals surface area contributed by atoms with Gasteiger partial charge in [0, 0.05) is 17.3 Å². The topological polar surface area (TPSA) is 68.5 Å². The van der Waals surface area contributed by atoms with Gasteiger partial charge in [-0.2, -0.15) is 0 Å². The second-order valence-electron chi connectivity index (χ2n) is 4.68. The normalized spacial score (nSPS) is 10.9. The SMILES string of the molecule is CCn1c(Nc2nnc(C)s2)nnc1SCc1ccccc1Cl. The van der Waals surface area contributed by atoms with E-state index in [2.05, 4.69) is 32.6 Å². The Balaban J connectivity index is 1.74. The number of rotatable bonds is 6. The molecule has 1 N–H and O–H groups in total. The number of anilines is 2. The zero-order chi connectivity index (χ0) is 16.2. The molecule has 9 heteroatoms. The van der Waals surface area contributed by atoms with Gasteiger partial charge in [0.2, 0.25) is 11.1 Å². The summed E-state index contributed by atoms with van der Waals surface area (Å²) in [4.78, 5) is 0. The first kappa shape index (κ1) is 16.2. The van der Waals surface area contributed by atoms with Crippen LogP contribution in [0.1, 0.15) is 17.5 Å². The minimum Gasteiger partial charge on any atom is -0.299 e. The third kappa shape index (κ3) is 3.82. The highest BCUT2D eigenvalue weighted by molar-refractivity contribution is 7.98. The molecule has 0 radical (unpaired) electrons. The summed E-state index contributed by atoms with van der Waals surface area (Å²) in [7, 11) is 0. The molecule has 2 heterocycles. The fourth-order valence-corrected chi connectivity index (χ4v) is 3.85. The number of benzene rings is 1. The fraction of sp³-hybridized carbons (Fsp3) is 0.286. The van der Waals surface area contributed by atoms with E-state index in [0.29, 0.717) is 11.1 Å². The van der Waals surface area contributed by atoms with Crippen LogP contribution >= 0.6 is 34.7 Å². The van der Waals surface area contributed by atoms with E-state index in [1.165, 1.54) is 11.3 Å². The molecule has 3 rings (SSSR count). The van der Waals surface area contributed by atoms with Gasteiger partial charge >= 0.3 is 0 Å². The Hall–Kier alpha value is -1.64. The molecule has 0 aliphatic heterocycles. The smallest absolute Gasteiger partial charge is 0.231 e. The van der Waals surface area contributed by atoms with E-state index in [9.17, 15) is 0 Å². The van der Waals surface area contributed by atoms with Gasteiger partial charge in [0.1, 0.15) is 5.01 Å². The van der Waals surface area contributed by atoms with E-state index in [1.807, 2.05) is 35.8 Å². The van der Waals surface area contributed by atoms with Crippen molar-refractivity contribution in [1.82, 2.24) is 25.0 Å². The van der Waals surface area contributed by atoms with Crippen LogP contribution in [-0.4, -0.2) is 25.0 Å². The third-order valence-corrected chi connectivity index (χ3v) is 5.23. The van der Waals surface area contributed by atoms with E-state index < -0.39 is 0 Å². The molecule has 1 aromatic carbocycles. The predicted octanol–water partition coefficient (Wildman–Crippen LogP) is 4.15. The molecule has 3 aromatic rings. The van der Waals surface area contributed by atoms with Crippen molar-refractivity contribution in [2.45, 2.75) is 31.3 Å². The Kier molecular flexibility index (Phi) is 5.14. The highest BCUT2D eigenvalue weighted by atomic mass is 35.5. The molecule has 0 saturated heterocycles. The van der Waals surface area contributed by atoms with Gasteiger partial charge in [0.25, 0.3) is 0 Å². The number of hydrogen-bond donors (Lipinski definition) is 1. The van der Waals surface area contributed by atoms with Crippen molar-refractivity contribution in [2.24, 2.45) is 0 Å². The van der Waals surface area contributed by atoms with E-state index in [-0.39, 0.29) is 0 Å². The molecule has 0 saturated carbocycles. The lowest BCUT2D eigenvalue weighted by Gasteiger charge is -2.07. The Morgan fingerprint density at radius 1 is 1.22 bits per heavy atom. The van der Waals surface area contributed by atoms with Gasteiger partial charge in [-0.3, -0.25) is 9.88 Å². The van der Waals surface area contributed by atoms with E-state index in [1.54, 1.807) is 11.8 Å². The first-order valence-electron chi connectivity index (χ1n) is 7.04. The van der Waals surface area contributed by atoms with Gasteiger partial charge in [0.15, 0.2) is 5.16 Å². The lowest BCUT2D eigenvalue weighted by atomic mass is 10.2. The summed E-state index contributed by atoms with van der Waals surface area (Å²) in [5, 5.41) is 22.9. The number of nitrogens with zero attached hydrogens (tertiary/aromatic N) is 5. The van der Waals surface area contributed by atoms with Crippen molar-refractivity contribution in [3.63, 3.8) is 0 Å². The first-order chi connectivity index (χ1) is 11.2. The van der Waals surface area contributed by atoms with Crippen LogP contribution in [0.25, 0.3) is 0 Å². The van der Waals surface area contributed by atoms with Gasteiger partial charge < -0.3 is 0 Å². The molecule has 120 valence electrons. The van der Waals surface area contributed by atoms with Gasteiger partial charge in [0.05, 0.1) is 0 Å².